The van der Waals surface area contributed by atoms with E-state index in [1.807, 2.05) is 0 Å². The summed E-state index contributed by atoms with van der Waals surface area (Å²) >= 11 is 6.45. The topological polar surface area (TPSA) is 47.6 Å². The molecule has 0 spiro atoms. The van der Waals surface area contributed by atoms with Gasteiger partial charge in [-0.3, -0.25) is 9.63 Å². The van der Waals surface area contributed by atoms with E-state index in [0.29, 0.717) is 10.2 Å². The zero-order valence-electron chi connectivity index (χ0n) is 9.26. The molecule has 0 unspecified atom stereocenters. The molecule has 0 aliphatic heterocycles. The summed E-state index contributed by atoms with van der Waals surface area (Å²) in [5.41, 5.74) is 1.63. The van der Waals surface area contributed by atoms with Crippen molar-refractivity contribution in [2.24, 2.45) is 0 Å². The summed E-state index contributed by atoms with van der Waals surface area (Å²) in [6.45, 7) is -2.02. The van der Waals surface area contributed by atoms with Gasteiger partial charge in [-0.15, -0.1) is 0 Å². The fraction of sp³-hybridized carbons (Fsp3) is 0.300. The third kappa shape index (κ3) is 6.79. The van der Waals surface area contributed by atoms with Crippen LogP contribution in [0.5, 0.6) is 5.75 Å². The van der Waals surface area contributed by atoms with Gasteiger partial charge in [-0.25, -0.2) is 5.48 Å². The highest BCUT2D eigenvalue weighted by Gasteiger charge is 2.28. The highest BCUT2D eigenvalue weighted by atomic mass is 79.9. The highest BCUT2D eigenvalue weighted by Crippen LogP contribution is 2.28. The van der Waals surface area contributed by atoms with Crippen molar-refractivity contribution in [1.82, 2.24) is 5.48 Å². The SMILES string of the molecule is O=C(COc1ccc(Br)cc1Br)NOCC(F)(F)F. The molecule has 9 heteroatoms. The lowest BCUT2D eigenvalue weighted by Crippen LogP contribution is -2.32. The van der Waals surface area contributed by atoms with Crippen molar-refractivity contribution in [3.05, 3.63) is 27.1 Å². The number of hydroxylamine groups is 1. The maximum absolute atomic E-state index is 11.7. The Kier molecular flexibility index (Phi) is 6.08. The van der Waals surface area contributed by atoms with Crippen LogP contribution in [0.25, 0.3) is 0 Å². The number of halogens is 5. The van der Waals surface area contributed by atoms with Crippen LogP contribution in [0.4, 0.5) is 13.2 Å². The van der Waals surface area contributed by atoms with Crippen molar-refractivity contribution in [3.8, 4) is 5.75 Å². The fourth-order valence-electron chi connectivity index (χ4n) is 0.963. The first-order chi connectivity index (χ1) is 8.78. The zero-order valence-corrected chi connectivity index (χ0v) is 12.4. The summed E-state index contributed by atoms with van der Waals surface area (Å²) in [7, 11) is 0. The van der Waals surface area contributed by atoms with Gasteiger partial charge < -0.3 is 4.74 Å². The second-order valence-electron chi connectivity index (χ2n) is 3.29. The number of nitrogens with one attached hydrogen (secondary N) is 1. The number of benzene rings is 1. The number of ether oxygens (including phenoxy) is 1. The minimum Gasteiger partial charge on any atom is -0.483 e. The van der Waals surface area contributed by atoms with Crippen LogP contribution in [0.2, 0.25) is 0 Å². The average molecular weight is 407 g/mol. The van der Waals surface area contributed by atoms with E-state index in [0.717, 1.165) is 4.47 Å². The monoisotopic (exact) mass is 405 g/mol. The van der Waals surface area contributed by atoms with Crippen LogP contribution in [-0.2, 0) is 9.63 Å². The predicted octanol–water partition coefficient (Wildman–Crippen LogP) is 3.20. The lowest BCUT2D eigenvalue weighted by molar-refractivity contribution is -0.192. The average Bonchev–Trinajstić information content (AvgIpc) is 2.26. The van der Waals surface area contributed by atoms with Gasteiger partial charge in [-0.1, -0.05) is 15.9 Å². The van der Waals surface area contributed by atoms with Crippen molar-refractivity contribution in [3.63, 3.8) is 0 Å². The first-order valence-corrected chi connectivity index (χ1v) is 6.42. The molecule has 0 aliphatic rings. The summed E-state index contributed by atoms with van der Waals surface area (Å²) in [5, 5.41) is 0. The Labute approximate surface area is 123 Å². The van der Waals surface area contributed by atoms with Crippen molar-refractivity contribution >= 4 is 37.8 Å². The molecule has 0 saturated heterocycles. The van der Waals surface area contributed by atoms with E-state index in [4.69, 9.17) is 4.74 Å². The summed E-state index contributed by atoms with van der Waals surface area (Å²) < 4.78 is 41.7. The van der Waals surface area contributed by atoms with Crippen molar-refractivity contribution in [2.75, 3.05) is 13.2 Å². The lowest BCUT2D eigenvalue weighted by atomic mass is 10.3. The summed E-state index contributed by atoms with van der Waals surface area (Å²) in [6.07, 6.45) is -4.50. The summed E-state index contributed by atoms with van der Waals surface area (Å²) in [4.78, 5) is 15.1. The molecule has 1 aromatic carbocycles. The maximum Gasteiger partial charge on any atom is 0.414 e. The molecule has 0 bridgehead atoms. The van der Waals surface area contributed by atoms with Gasteiger partial charge in [0, 0.05) is 4.47 Å². The molecular formula is C10H8Br2F3NO3. The molecule has 0 radical (unpaired) electrons. The van der Waals surface area contributed by atoms with Gasteiger partial charge in [0.25, 0.3) is 5.91 Å². The zero-order chi connectivity index (χ0) is 14.5. The molecule has 106 valence electrons. The number of alkyl halides is 3. The van der Waals surface area contributed by atoms with Crippen LogP contribution in [0.15, 0.2) is 27.1 Å². The number of carbonyl (C=O) groups is 1. The first-order valence-electron chi connectivity index (χ1n) is 4.83. The van der Waals surface area contributed by atoms with E-state index in [-0.39, 0.29) is 0 Å². The Hall–Kier alpha value is -0.800. The molecule has 1 amide bonds. The standard InChI is InChI=1S/C10H8Br2F3NO3/c11-6-1-2-8(7(12)3-6)18-4-9(17)16-19-5-10(13,14)15/h1-3H,4-5H2,(H,16,17). The smallest absolute Gasteiger partial charge is 0.414 e. The first kappa shape index (κ1) is 16.3. The minimum atomic E-state index is -4.50. The lowest BCUT2D eigenvalue weighted by Gasteiger charge is -2.10. The Morgan fingerprint density at radius 3 is 2.58 bits per heavy atom. The minimum absolute atomic E-state index is 0.383. The second-order valence-corrected chi connectivity index (χ2v) is 5.06. The number of amides is 1. The van der Waals surface area contributed by atoms with E-state index in [1.54, 1.807) is 23.7 Å². The van der Waals surface area contributed by atoms with Gasteiger partial charge in [0.2, 0.25) is 0 Å². The molecule has 0 aromatic heterocycles. The predicted molar refractivity (Wildman–Crippen MR) is 67.5 cm³/mol. The Morgan fingerprint density at radius 2 is 2.00 bits per heavy atom. The molecule has 4 nitrogen and oxygen atoms in total. The number of hydrogen-bond donors (Lipinski definition) is 1. The van der Waals surface area contributed by atoms with Crippen LogP contribution in [0.3, 0.4) is 0 Å². The van der Waals surface area contributed by atoms with Gasteiger partial charge in [-0.05, 0) is 34.1 Å². The maximum atomic E-state index is 11.7. The molecule has 1 aromatic rings. The van der Waals surface area contributed by atoms with Crippen molar-refractivity contribution in [2.45, 2.75) is 6.18 Å². The van der Waals surface area contributed by atoms with Gasteiger partial charge in [0.15, 0.2) is 13.2 Å². The van der Waals surface area contributed by atoms with Crippen molar-refractivity contribution in [1.29, 1.82) is 0 Å². The van der Waals surface area contributed by atoms with Gasteiger partial charge in [0.05, 0.1) is 4.47 Å². The number of hydrogen-bond acceptors (Lipinski definition) is 3. The molecule has 0 heterocycles. The van der Waals surface area contributed by atoms with Gasteiger partial charge >= 0.3 is 6.18 Å². The number of rotatable bonds is 5. The molecule has 0 aliphatic carbocycles. The molecule has 19 heavy (non-hydrogen) atoms. The Bertz CT molecular complexity index is 454. The quantitative estimate of drug-likeness (QED) is 0.764. The largest absolute Gasteiger partial charge is 0.483 e. The fourth-order valence-corrected chi connectivity index (χ4v) is 2.12. The second kappa shape index (κ2) is 7.11. The third-order valence-corrected chi connectivity index (χ3v) is 2.79. The molecular weight excluding hydrogens is 399 g/mol. The van der Waals surface area contributed by atoms with E-state index < -0.39 is 25.3 Å². The normalized spacial score (nSPS) is 11.2. The number of carbonyl (C=O) groups excluding carboxylic acids is 1. The summed E-state index contributed by atoms with van der Waals surface area (Å²) in [5.74, 6) is -0.437. The van der Waals surface area contributed by atoms with E-state index in [2.05, 4.69) is 36.7 Å². The molecule has 0 atom stereocenters. The highest BCUT2D eigenvalue weighted by molar-refractivity contribution is 9.11. The van der Waals surface area contributed by atoms with Crippen LogP contribution in [0, 0.1) is 0 Å². The van der Waals surface area contributed by atoms with Gasteiger partial charge in [-0.2, -0.15) is 13.2 Å². The molecule has 0 fully saturated rings. The van der Waals surface area contributed by atoms with Crippen molar-refractivity contribution < 1.29 is 27.5 Å². The third-order valence-electron chi connectivity index (χ3n) is 1.67. The van der Waals surface area contributed by atoms with E-state index in [9.17, 15) is 18.0 Å². The van der Waals surface area contributed by atoms with Crippen LogP contribution >= 0.6 is 31.9 Å². The van der Waals surface area contributed by atoms with E-state index >= 15 is 0 Å². The van der Waals surface area contributed by atoms with Crippen LogP contribution < -0.4 is 10.2 Å². The van der Waals surface area contributed by atoms with Crippen LogP contribution in [0.1, 0.15) is 0 Å². The summed E-state index contributed by atoms with van der Waals surface area (Å²) in [6, 6.07) is 4.99. The molecule has 1 N–H and O–H groups in total. The molecule has 1 rings (SSSR count). The Balaban J connectivity index is 2.34. The van der Waals surface area contributed by atoms with Crippen LogP contribution in [-0.4, -0.2) is 25.3 Å². The molecule has 0 saturated carbocycles. The van der Waals surface area contributed by atoms with E-state index in [1.165, 1.54) is 0 Å². The Morgan fingerprint density at radius 1 is 1.32 bits per heavy atom. The van der Waals surface area contributed by atoms with Gasteiger partial charge in [0.1, 0.15) is 5.75 Å².